The van der Waals surface area contributed by atoms with E-state index in [1.807, 2.05) is 18.4 Å². The van der Waals surface area contributed by atoms with Crippen molar-refractivity contribution in [3.63, 3.8) is 0 Å². The number of aromatic nitrogens is 3. The van der Waals surface area contributed by atoms with Crippen LogP contribution in [-0.2, 0) is 6.54 Å². The third-order valence-electron chi connectivity index (χ3n) is 2.36. The molecule has 0 radical (unpaired) electrons. The maximum Gasteiger partial charge on any atom is 0.341 e. The second kappa shape index (κ2) is 6.14. The molecular formula is C12H12N4O2S. The highest BCUT2D eigenvalue weighted by molar-refractivity contribution is 7.98. The van der Waals surface area contributed by atoms with Crippen molar-refractivity contribution in [1.29, 1.82) is 0 Å². The van der Waals surface area contributed by atoms with Gasteiger partial charge in [0, 0.05) is 25.1 Å². The van der Waals surface area contributed by atoms with Gasteiger partial charge in [0.25, 0.3) is 0 Å². The Morgan fingerprint density at radius 1 is 1.47 bits per heavy atom. The van der Waals surface area contributed by atoms with Crippen LogP contribution in [0.2, 0.25) is 0 Å². The highest BCUT2D eigenvalue weighted by Crippen LogP contribution is 2.17. The molecule has 0 aliphatic rings. The van der Waals surface area contributed by atoms with E-state index in [1.165, 1.54) is 18.0 Å². The van der Waals surface area contributed by atoms with Gasteiger partial charge in [-0.1, -0.05) is 17.8 Å². The first kappa shape index (κ1) is 13.3. The average Bonchev–Trinajstić information content (AvgIpc) is 2.45. The fourth-order valence-corrected chi connectivity index (χ4v) is 1.78. The smallest absolute Gasteiger partial charge is 0.341 e. The summed E-state index contributed by atoms with van der Waals surface area (Å²) >= 11 is 1.36. The van der Waals surface area contributed by atoms with E-state index in [4.69, 9.17) is 5.11 Å². The molecule has 0 fully saturated rings. The molecule has 0 amide bonds. The number of rotatable bonds is 5. The number of anilines is 1. The lowest BCUT2D eigenvalue weighted by Crippen LogP contribution is -2.10. The summed E-state index contributed by atoms with van der Waals surface area (Å²) in [7, 11) is 0. The molecule has 0 saturated carbocycles. The van der Waals surface area contributed by atoms with E-state index in [1.54, 1.807) is 12.4 Å². The average molecular weight is 276 g/mol. The number of hydrogen-bond donors (Lipinski definition) is 2. The molecule has 2 rings (SSSR count). The fraction of sp³-hybridized carbons (Fsp3) is 0.167. The SMILES string of the molecule is CSc1ncc(C(=O)O)c(NCc2cccnc2)n1. The summed E-state index contributed by atoms with van der Waals surface area (Å²) in [6.07, 6.45) is 6.54. The van der Waals surface area contributed by atoms with E-state index in [2.05, 4.69) is 20.3 Å². The second-order valence-corrected chi connectivity index (χ2v) is 4.41. The summed E-state index contributed by atoms with van der Waals surface area (Å²) in [6.45, 7) is 0.457. The van der Waals surface area contributed by atoms with E-state index >= 15 is 0 Å². The third-order valence-corrected chi connectivity index (χ3v) is 2.92. The summed E-state index contributed by atoms with van der Waals surface area (Å²) in [6, 6.07) is 3.72. The second-order valence-electron chi connectivity index (χ2n) is 3.64. The maximum atomic E-state index is 11.1. The molecule has 0 aromatic carbocycles. The summed E-state index contributed by atoms with van der Waals surface area (Å²) in [5.74, 6) is -0.739. The molecule has 0 spiro atoms. The van der Waals surface area contributed by atoms with Crippen LogP contribution in [0.15, 0.2) is 35.9 Å². The summed E-state index contributed by atoms with van der Waals surface area (Å²) in [5, 5.41) is 12.6. The van der Waals surface area contributed by atoms with Gasteiger partial charge in [-0.25, -0.2) is 14.8 Å². The molecular weight excluding hydrogens is 264 g/mol. The Morgan fingerprint density at radius 2 is 2.32 bits per heavy atom. The molecule has 6 nitrogen and oxygen atoms in total. The van der Waals surface area contributed by atoms with Gasteiger partial charge >= 0.3 is 5.97 Å². The minimum absolute atomic E-state index is 0.0571. The molecule has 7 heteroatoms. The van der Waals surface area contributed by atoms with E-state index in [0.29, 0.717) is 17.5 Å². The molecule has 2 aromatic rings. The maximum absolute atomic E-state index is 11.1. The van der Waals surface area contributed by atoms with Crippen LogP contribution in [0.4, 0.5) is 5.82 Å². The molecule has 0 aliphatic heterocycles. The van der Waals surface area contributed by atoms with Crippen LogP contribution in [0, 0.1) is 0 Å². The highest BCUT2D eigenvalue weighted by Gasteiger charge is 2.13. The monoisotopic (exact) mass is 276 g/mol. The normalized spacial score (nSPS) is 10.2. The van der Waals surface area contributed by atoms with Crippen LogP contribution in [0.1, 0.15) is 15.9 Å². The van der Waals surface area contributed by atoms with Crippen LogP contribution < -0.4 is 5.32 Å². The van der Waals surface area contributed by atoms with E-state index in [9.17, 15) is 4.79 Å². The standard InChI is InChI=1S/C12H12N4O2S/c1-19-12-15-7-9(11(17)18)10(16-12)14-6-8-3-2-4-13-5-8/h2-5,7H,6H2,1H3,(H,17,18)(H,14,15,16). The van der Waals surface area contributed by atoms with Crippen molar-refractivity contribution >= 4 is 23.5 Å². The van der Waals surface area contributed by atoms with Gasteiger partial charge in [-0.15, -0.1) is 0 Å². The zero-order valence-electron chi connectivity index (χ0n) is 10.2. The quantitative estimate of drug-likeness (QED) is 0.637. The number of hydrogen-bond acceptors (Lipinski definition) is 6. The molecule has 2 N–H and O–H groups in total. The molecule has 2 heterocycles. The highest BCUT2D eigenvalue weighted by atomic mass is 32.2. The number of aromatic carboxylic acids is 1. The van der Waals surface area contributed by atoms with Crippen LogP contribution >= 0.6 is 11.8 Å². The van der Waals surface area contributed by atoms with Crippen molar-refractivity contribution in [3.8, 4) is 0 Å². The summed E-state index contributed by atoms with van der Waals surface area (Å²) in [5.41, 5.74) is 1.00. The lowest BCUT2D eigenvalue weighted by Gasteiger charge is -2.09. The largest absolute Gasteiger partial charge is 0.477 e. The predicted molar refractivity (Wildman–Crippen MR) is 72.3 cm³/mol. The third kappa shape index (κ3) is 3.41. The van der Waals surface area contributed by atoms with Crippen molar-refractivity contribution in [2.24, 2.45) is 0 Å². The van der Waals surface area contributed by atoms with E-state index in [-0.39, 0.29) is 5.56 Å². The van der Waals surface area contributed by atoms with Crippen LogP contribution in [-0.4, -0.2) is 32.3 Å². The predicted octanol–water partition coefficient (Wildman–Crippen LogP) is 1.90. The molecule has 0 bridgehead atoms. The van der Waals surface area contributed by atoms with E-state index in [0.717, 1.165) is 5.56 Å². The first-order valence-corrected chi connectivity index (χ1v) is 6.70. The number of pyridine rings is 1. The van der Waals surface area contributed by atoms with Crippen LogP contribution in [0.5, 0.6) is 0 Å². The van der Waals surface area contributed by atoms with Crippen LogP contribution in [0.3, 0.4) is 0 Å². The summed E-state index contributed by atoms with van der Waals surface area (Å²) in [4.78, 5) is 23.2. The number of nitrogens with zero attached hydrogens (tertiary/aromatic N) is 3. The Hall–Kier alpha value is -2.15. The van der Waals surface area contributed by atoms with Gasteiger partial charge in [-0.3, -0.25) is 4.98 Å². The van der Waals surface area contributed by atoms with Gasteiger partial charge < -0.3 is 10.4 Å². The molecule has 0 saturated heterocycles. The van der Waals surface area contributed by atoms with Crippen molar-refractivity contribution in [2.45, 2.75) is 11.7 Å². The zero-order chi connectivity index (χ0) is 13.7. The lowest BCUT2D eigenvalue weighted by atomic mass is 10.2. The Kier molecular flexibility index (Phi) is 4.30. The molecule has 0 aliphatic carbocycles. The fourth-order valence-electron chi connectivity index (χ4n) is 1.44. The first-order chi connectivity index (χ1) is 9.20. The Balaban J connectivity index is 2.20. The van der Waals surface area contributed by atoms with Gasteiger partial charge in [0.15, 0.2) is 5.16 Å². The Morgan fingerprint density at radius 3 is 2.95 bits per heavy atom. The zero-order valence-corrected chi connectivity index (χ0v) is 11.0. The minimum atomic E-state index is -1.05. The molecule has 0 atom stereocenters. The number of nitrogens with one attached hydrogen (secondary N) is 1. The van der Waals surface area contributed by atoms with Crippen LogP contribution in [0.25, 0.3) is 0 Å². The molecule has 98 valence electrons. The molecule has 19 heavy (non-hydrogen) atoms. The van der Waals surface area contributed by atoms with Crippen molar-refractivity contribution in [2.75, 3.05) is 11.6 Å². The first-order valence-electron chi connectivity index (χ1n) is 5.48. The number of carboxylic acid groups (broad SMARTS) is 1. The Bertz CT molecular complexity index is 577. The van der Waals surface area contributed by atoms with Crippen molar-refractivity contribution < 1.29 is 9.90 Å². The summed E-state index contributed by atoms with van der Waals surface area (Å²) < 4.78 is 0. The van der Waals surface area contributed by atoms with Gasteiger partial charge in [0.1, 0.15) is 11.4 Å². The van der Waals surface area contributed by atoms with Crippen molar-refractivity contribution in [3.05, 3.63) is 41.9 Å². The Labute approximate surface area is 114 Å². The van der Waals surface area contributed by atoms with Gasteiger partial charge in [-0.05, 0) is 17.9 Å². The van der Waals surface area contributed by atoms with Gasteiger partial charge in [0.05, 0.1) is 0 Å². The molecule has 0 unspecified atom stereocenters. The number of carboxylic acids is 1. The van der Waals surface area contributed by atoms with Gasteiger partial charge in [0.2, 0.25) is 0 Å². The van der Waals surface area contributed by atoms with Gasteiger partial charge in [-0.2, -0.15) is 0 Å². The van der Waals surface area contributed by atoms with Crippen molar-refractivity contribution in [1.82, 2.24) is 15.0 Å². The number of carbonyl (C=O) groups is 1. The lowest BCUT2D eigenvalue weighted by molar-refractivity contribution is 0.0697. The number of thioether (sulfide) groups is 1. The topological polar surface area (TPSA) is 88.0 Å². The van der Waals surface area contributed by atoms with E-state index < -0.39 is 5.97 Å². The minimum Gasteiger partial charge on any atom is -0.477 e. The molecule has 2 aromatic heterocycles.